The molecule has 0 fully saturated rings. The second kappa shape index (κ2) is 7.33. The normalized spacial score (nSPS) is 13.7. The molecule has 0 aliphatic carbocycles. The Morgan fingerprint density at radius 3 is 2.12 bits per heavy atom. The summed E-state index contributed by atoms with van der Waals surface area (Å²) in [7, 11) is -3.84. The van der Waals surface area contributed by atoms with Gasteiger partial charge in [-0.3, -0.25) is 0 Å². The van der Waals surface area contributed by atoms with Crippen LogP contribution in [-0.4, -0.2) is 21.1 Å². The molecule has 8 heteroatoms. The lowest BCUT2D eigenvalue weighted by molar-refractivity contribution is -0.127. The third kappa shape index (κ3) is 5.33. The highest BCUT2D eigenvalue weighted by atomic mass is 32.2. The van der Waals surface area contributed by atoms with Crippen LogP contribution < -0.4 is 10.5 Å². The van der Waals surface area contributed by atoms with Gasteiger partial charge < -0.3 is 5.73 Å². The molecule has 0 aliphatic rings. The Bertz CT molecular complexity index is 760. The molecule has 2 aromatic carbocycles. The van der Waals surface area contributed by atoms with E-state index in [4.69, 9.17) is 5.73 Å². The molecule has 4 nitrogen and oxygen atoms in total. The number of halogens is 3. The van der Waals surface area contributed by atoms with Crippen molar-refractivity contribution in [3.63, 3.8) is 0 Å². The highest BCUT2D eigenvalue weighted by Crippen LogP contribution is 2.22. The summed E-state index contributed by atoms with van der Waals surface area (Å²) in [5.74, 6) is 0. The number of nitrogens with two attached hydrogens (primary N) is 1. The topological polar surface area (TPSA) is 72.2 Å². The Morgan fingerprint density at radius 1 is 1.00 bits per heavy atom. The van der Waals surface area contributed by atoms with Crippen LogP contribution in [0.15, 0.2) is 59.5 Å². The first-order valence-electron chi connectivity index (χ1n) is 7.13. The first-order valence-corrected chi connectivity index (χ1v) is 8.61. The minimum absolute atomic E-state index is 0.00226. The molecule has 0 spiro atoms. The molecule has 0 saturated heterocycles. The summed E-state index contributed by atoms with van der Waals surface area (Å²) >= 11 is 0. The van der Waals surface area contributed by atoms with Crippen LogP contribution in [0.2, 0.25) is 0 Å². The first-order chi connectivity index (χ1) is 11.2. The van der Waals surface area contributed by atoms with Crippen LogP contribution >= 0.6 is 0 Å². The third-order valence-electron chi connectivity index (χ3n) is 3.36. The summed E-state index contributed by atoms with van der Waals surface area (Å²) in [4.78, 5) is -0.103. The molecular formula is C16H17F3N2O2S. The summed E-state index contributed by atoms with van der Waals surface area (Å²) in [5.41, 5.74) is 6.70. The van der Waals surface area contributed by atoms with Crippen molar-refractivity contribution < 1.29 is 21.6 Å². The molecule has 0 aromatic heterocycles. The molecule has 0 radical (unpaired) electrons. The number of rotatable bonds is 6. The second-order valence-electron chi connectivity index (χ2n) is 5.30. The van der Waals surface area contributed by atoms with E-state index in [1.165, 1.54) is 0 Å². The van der Waals surface area contributed by atoms with Gasteiger partial charge >= 0.3 is 6.18 Å². The lowest BCUT2D eigenvalue weighted by atomic mass is 10.1. The van der Waals surface area contributed by atoms with E-state index < -0.39 is 28.7 Å². The Morgan fingerprint density at radius 2 is 1.58 bits per heavy atom. The van der Waals surface area contributed by atoms with Gasteiger partial charge in [0.1, 0.15) is 0 Å². The molecule has 0 aliphatic heterocycles. The van der Waals surface area contributed by atoms with E-state index in [-0.39, 0.29) is 17.0 Å². The fourth-order valence-electron chi connectivity index (χ4n) is 2.12. The van der Waals surface area contributed by atoms with E-state index in [0.717, 1.165) is 29.8 Å². The number of hydrogen-bond acceptors (Lipinski definition) is 3. The van der Waals surface area contributed by atoms with Crippen molar-refractivity contribution in [3.05, 3.63) is 65.7 Å². The van der Waals surface area contributed by atoms with Crippen LogP contribution in [-0.2, 0) is 16.4 Å². The number of hydrogen-bond donors (Lipinski definition) is 2. The van der Waals surface area contributed by atoms with E-state index in [0.29, 0.717) is 0 Å². The van der Waals surface area contributed by atoms with E-state index in [2.05, 4.69) is 4.72 Å². The van der Waals surface area contributed by atoms with Crippen molar-refractivity contribution in [2.75, 3.05) is 6.54 Å². The lowest BCUT2D eigenvalue weighted by Gasteiger charge is -2.14. The quantitative estimate of drug-likeness (QED) is 0.834. The zero-order chi connectivity index (χ0) is 17.8. The average molecular weight is 358 g/mol. The van der Waals surface area contributed by atoms with E-state index in [9.17, 15) is 21.6 Å². The SMILES string of the molecule is NC(CNS(=O)(=O)c1ccc(CC(F)(F)F)cc1)c1ccccc1. The van der Waals surface area contributed by atoms with Gasteiger partial charge in [0.25, 0.3) is 0 Å². The van der Waals surface area contributed by atoms with Crippen molar-refractivity contribution in [1.29, 1.82) is 0 Å². The zero-order valence-corrected chi connectivity index (χ0v) is 13.4. The maximum atomic E-state index is 12.3. The number of sulfonamides is 1. The fraction of sp³-hybridized carbons (Fsp3) is 0.250. The summed E-state index contributed by atoms with van der Waals surface area (Å²) in [6.45, 7) is -0.0172. The van der Waals surface area contributed by atoms with Gasteiger partial charge in [-0.1, -0.05) is 42.5 Å². The minimum Gasteiger partial charge on any atom is -0.323 e. The molecule has 130 valence electrons. The maximum Gasteiger partial charge on any atom is 0.393 e. The summed E-state index contributed by atoms with van der Waals surface area (Å²) in [6.07, 6.45) is -5.43. The van der Waals surface area contributed by atoms with Crippen LogP contribution in [0, 0.1) is 0 Å². The monoisotopic (exact) mass is 358 g/mol. The van der Waals surface area contributed by atoms with E-state index in [1.807, 2.05) is 6.07 Å². The Balaban J connectivity index is 2.02. The van der Waals surface area contributed by atoms with E-state index >= 15 is 0 Å². The first kappa shape index (κ1) is 18.4. The van der Waals surface area contributed by atoms with Crippen molar-refractivity contribution in [1.82, 2.24) is 4.72 Å². The zero-order valence-electron chi connectivity index (χ0n) is 12.6. The molecule has 2 aromatic rings. The van der Waals surface area contributed by atoms with Gasteiger partial charge in [-0.05, 0) is 23.3 Å². The van der Waals surface area contributed by atoms with Gasteiger partial charge in [0.2, 0.25) is 10.0 Å². The predicted octanol–water partition coefficient (Wildman–Crippen LogP) is 2.77. The highest BCUT2D eigenvalue weighted by Gasteiger charge is 2.27. The average Bonchev–Trinajstić information content (AvgIpc) is 2.52. The Hall–Kier alpha value is -1.90. The molecular weight excluding hydrogens is 341 g/mol. The lowest BCUT2D eigenvalue weighted by Crippen LogP contribution is -2.32. The summed E-state index contributed by atoms with van der Waals surface area (Å²) in [5, 5.41) is 0. The maximum absolute atomic E-state index is 12.3. The van der Waals surface area contributed by atoms with Crippen LogP contribution in [0.5, 0.6) is 0 Å². The minimum atomic E-state index is -4.33. The number of benzene rings is 2. The van der Waals surface area contributed by atoms with Crippen LogP contribution in [0.3, 0.4) is 0 Å². The van der Waals surface area contributed by atoms with Gasteiger partial charge in [-0.15, -0.1) is 0 Å². The third-order valence-corrected chi connectivity index (χ3v) is 4.80. The van der Waals surface area contributed by atoms with Crippen molar-refractivity contribution in [2.24, 2.45) is 5.73 Å². The fourth-order valence-corrected chi connectivity index (χ4v) is 3.18. The number of nitrogens with one attached hydrogen (secondary N) is 1. The van der Waals surface area contributed by atoms with Gasteiger partial charge in [0.15, 0.2) is 0 Å². The molecule has 1 atom stereocenters. The predicted molar refractivity (Wildman–Crippen MR) is 84.8 cm³/mol. The largest absolute Gasteiger partial charge is 0.393 e. The molecule has 24 heavy (non-hydrogen) atoms. The molecule has 3 N–H and O–H groups in total. The molecule has 2 rings (SSSR count). The van der Waals surface area contributed by atoms with E-state index in [1.54, 1.807) is 24.3 Å². The van der Waals surface area contributed by atoms with Crippen LogP contribution in [0.25, 0.3) is 0 Å². The smallest absolute Gasteiger partial charge is 0.323 e. The van der Waals surface area contributed by atoms with Crippen molar-refractivity contribution >= 4 is 10.0 Å². The Labute approximate surface area is 138 Å². The molecule has 0 heterocycles. The molecule has 0 saturated carbocycles. The number of alkyl halides is 3. The second-order valence-corrected chi connectivity index (χ2v) is 7.07. The van der Waals surface area contributed by atoms with Gasteiger partial charge in [0.05, 0.1) is 11.3 Å². The highest BCUT2D eigenvalue weighted by molar-refractivity contribution is 7.89. The van der Waals surface area contributed by atoms with Crippen molar-refractivity contribution in [2.45, 2.75) is 23.5 Å². The van der Waals surface area contributed by atoms with Crippen molar-refractivity contribution in [3.8, 4) is 0 Å². The van der Waals surface area contributed by atoms with Gasteiger partial charge in [-0.25, -0.2) is 13.1 Å². The molecule has 0 amide bonds. The van der Waals surface area contributed by atoms with Crippen LogP contribution in [0.1, 0.15) is 17.2 Å². The summed E-state index contributed by atoms with van der Waals surface area (Å²) < 4.78 is 63.6. The summed E-state index contributed by atoms with van der Waals surface area (Å²) in [6, 6.07) is 13.1. The molecule has 1 unspecified atom stereocenters. The van der Waals surface area contributed by atoms with Gasteiger partial charge in [-0.2, -0.15) is 13.2 Å². The van der Waals surface area contributed by atoms with Gasteiger partial charge in [0, 0.05) is 12.6 Å². The molecule has 0 bridgehead atoms. The standard InChI is InChI=1S/C16H17F3N2O2S/c17-16(18,19)10-12-6-8-14(9-7-12)24(22,23)21-11-15(20)13-4-2-1-3-5-13/h1-9,15,21H,10-11,20H2. The van der Waals surface area contributed by atoms with Crippen LogP contribution in [0.4, 0.5) is 13.2 Å². The Kier molecular flexibility index (Phi) is 5.63.